The van der Waals surface area contributed by atoms with E-state index in [1.807, 2.05) is 13.1 Å². The third kappa shape index (κ3) is 2.79. The van der Waals surface area contributed by atoms with Gasteiger partial charge >= 0.3 is 0 Å². The Bertz CT molecular complexity index is 617. The van der Waals surface area contributed by atoms with Crippen molar-refractivity contribution in [3.05, 3.63) is 41.5 Å². The van der Waals surface area contributed by atoms with Crippen LogP contribution < -0.4 is 0 Å². The molecule has 1 aliphatic rings. The molecular weight excluding hydrogens is 273 g/mol. The summed E-state index contributed by atoms with van der Waals surface area (Å²) in [5.74, 6) is 0.534. The highest BCUT2D eigenvalue weighted by Crippen LogP contribution is 2.35. The van der Waals surface area contributed by atoms with Crippen LogP contribution in [0.2, 0.25) is 0 Å². The van der Waals surface area contributed by atoms with Crippen molar-refractivity contribution >= 4 is 0 Å². The lowest BCUT2D eigenvalue weighted by Gasteiger charge is -2.28. The summed E-state index contributed by atoms with van der Waals surface area (Å²) in [6.07, 6.45) is 1.76. The smallest absolute Gasteiger partial charge is 0.168 e. The fourth-order valence-electron chi connectivity index (χ4n) is 3.01. The van der Waals surface area contributed by atoms with Crippen LogP contribution in [0.25, 0.3) is 0 Å². The maximum absolute atomic E-state index is 13.4. The molecule has 1 aromatic carbocycles. The molecule has 3 rings (SSSR count). The van der Waals surface area contributed by atoms with Crippen molar-refractivity contribution in [1.29, 1.82) is 0 Å². The molecule has 0 radical (unpaired) electrons. The molecule has 7 heteroatoms. The van der Waals surface area contributed by atoms with Gasteiger partial charge in [-0.3, -0.25) is 4.90 Å². The number of benzene rings is 1. The molecule has 0 spiro atoms. The molecule has 0 bridgehead atoms. The van der Waals surface area contributed by atoms with Gasteiger partial charge in [-0.05, 0) is 41.0 Å². The number of aryl methyl sites for hydroxylation is 1. The van der Waals surface area contributed by atoms with Crippen LogP contribution in [0, 0.1) is 5.82 Å². The van der Waals surface area contributed by atoms with Crippen molar-refractivity contribution in [2.24, 2.45) is 7.05 Å². The van der Waals surface area contributed by atoms with Gasteiger partial charge in [-0.1, -0.05) is 12.1 Å². The van der Waals surface area contributed by atoms with Crippen molar-refractivity contribution in [2.75, 3.05) is 6.61 Å². The molecule has 1 aliphatic heterocycles. The molecule has 0 amide bonds. The molecule has 1 aromatic heterocycles. The summed E-state index contributed by atoms with van der Waals surface area (Å²) in [4.78, 5) is 2.15. The number of tetrazole rings is 1. The lowest BCUT2D eigenvalue weighted by atomic mass is 10.1. The monoisotopic (exact) mass is 291 g/mol. The second-order valence-corrected chi connectivity index (χ2v) is 5.39. The van der Waals surface area contributed by atoms with Crippen molar-refractivity contribution in [3.63, 3.8) is 0 Å². The highest BCUT2D eigenvalue weighted by Gasteiger charge is 2.36. The zero-order valence-electron chi connectivity index (χ0n) is 11.9. The zero-order chi connectivity index (χ0) is 14.8. The number of hydrogen-bond donors (Lipinski definition) is 1. The third-order valence-electron chi connectivity index (χ3n) is 4.06. The summed E-state index contributed by atoms with van der Waals surface area (Å²) in [5.41, 5.74) is 0.885. The summed E-state index contributed by atoms with van der Waals surface area (Å²) in [6.45, 7) is 0.650. The van der Waals surface area contributed by atoms with Gasteiger partial charge in [0.05, 0.1) is 12.6 Å². The number of likely N-dealkylation sites (tertiary alicyclic amines) is 1. The number of aliphatic hydroxyl groups is 1. The molecule has 0 aliphatic carbocycles. The molecule has 0 unspecified atom stereocenters. The van der Waals surface area contributed by atoms with E-state index in [4.69, 9.17) is 0 Å². The second-order valence-electron chi connectivity index (χ2n) is 5.39. The highest BCUT2D eigenvalue weighted by molar-refractivity contribution is 5.17. The second kappa shape index (κ2) is 5.87. The van der Waals surface area contributed by atoms with Gasteiger partial charge < -0.3 is 5.11 Å². The van der Waals surface area contributed by atoms with E-state index < -0.39 is 0 Å². The minimum Gasteiger partial charge on any atom is -0.395 e. The lowest BCUT2D eigenvalue weighted by molar-refractivity contribution is 0.117. The van der Waals surface area contributed by atoms with Crippen LogP contribution in [0.4, 0.5) is 4.39 Å². The Hall–Kier alpha value is -1.86. The molecule has 1 N–H and O–H groups in total. The first kappa shape index (κ1) is 14.1. The Balaban J connectivity index is 1.86. The van der Waals surface area contributed by atoms with Crippen LogP contribution in [-0.2, 0) is 13.6 Å². The normalized spacial score (nSPS) is 22.8. The molecule has 2 atom stereocenters. The van der Waals surface area contributed by atoms with E-state index in [0.717, 1.165) is 24.2 Å². The summed E-state index contributed by atoms with van der Waals surface area (Å²) in [7, 11) is 1.81. The predicted octanol–water partition coefficient (Wildman–Crippen LogP) is 1.05. The third-order valence-corrected chi connectivity index (χ3v) is 4.06. The first-order chi connectivity index (χ1) is 10.2. The van der Waals surface area contributed by atoms with E-state index in [1.165, 1.54) is 12.1 Å². The molecule has 2 heterocycles. The number of aliphatic hydroxyl groups excluding tert-OH is 1. The van der Waals surface area contributed by atoms with Gasteiger partial charge in [0.1, 0.15) is 5.82 Å². The largest absolute Gasteiger partial charge is 0.395 e. The van der Waals surface area contributed by atoms with Gasteiger partial charge in [0.25, 0.3) is 0 Å². The SMILES string of the molecule is Cn1nnnc1[C@H]1CC[C@@H](CO)N1Cc1cccc(F)c1. The molecule has 112 valence electrons. The number of aromatic nitrogens is 4. The van der Waals surface area contributed by atoms with Gasteiger partial charge in [0.15, 0.2) is 5.82 Å². The fraction of sp³-hybridized carbons (Fsp3) is 0.500. The molecular formula is C14H18FN5O. The van der Waals surface area contributed by atoms with Crippen LogP contribution in [0.5, 0.6) is 0 Å². The summed E-state index contributed by atoms with van der Waals surface area (Å²) >= 11 is 0. The quantitative estimate of drug-likeness (QED) is 0.912. The van der Waals surface area contributed by atoms with Gasteiger partial charge in [-0.25, -0.2) is 9.07 Å². The average molecular weight is 291 g/mol. The number of halogens is 1. The predicted molar refractivity (Wildman–Crippen MR) is 73.6 cm³/mol. The van der Waals surface area contributed by atoms with Crippen molar-refractivity contribution < 1.29 is 9.50 Å². The standard InChI is InChI=1S/C14H18FN5O/c1-19-14(16-17-18-19)13-6-5-12(9-21)20(13)8-10-3-2-4-11(15)7-10/h2-4,7,12-13,21H,5-6,8-9H2,1H3/t12-,13+/m0/s1. The maximum atomic E-state index is 13.4. The van der Waals surface area contributed by atoms with E-state index in [-0.39, 0.29) is 24.5 Å². The van der Waals surface area contributed by atoms with Crippen molar-refractivity contribution in [2.45, 2.75) is 31.5 Å². The van der Waals surface area contributed by atoms with Crippen molar-refractivity contribution in [1.82, 2.24) is 25.1 Å². The zero-order valence-corrected chi connectivity index (χ0v) is 11.9. The molecule has 1 saturated heterocycles. The number of nitrogens with zero attached hydrogens (tertiary/aromatic N) is 5. The summed E-state index contributed by atoms with van der Waals surface area (Å²) in [6, 6.07) is 6.65. The Morgan fingerprint density at radius 2 is 2.24 bits per heavy atom. The lowest BCUT2D eigenvalue weighted by Crippen LogP contribution is -2.34. The van der Waals surface area contributed by atoms with E-state index in [2.05, 4.69) is 20.4 Å². The van der Waals surface area contributed by atoms with Gasteiger partial charge in [0.2, 0.25) is 0 Å². The molecule has 6 nitrogen and oxygen atoms in total. The Morgan fingerprint density at radius 1 is 1.38 bits per heavy atom. The van der Waals surface area contributed by atoms with Gasteiger partial charge in [0, 0.05) is 19.6 Å². The van der Waals surface area contributed by atoms with E-state index in [0.29, 0.717) is 6.54 Å². The van der Waals surface area contributed by atoms with Crippen LogP contribution in [-0.4, -0.2) is 42.9 Å². The topological polar surface area (TPSA) is 67.1 Å². The fourth-order valence-corrected chi connectivity index (χ4v) is 3.01. The maximum Gasteiger partial charge on any atom is 0.168 e. The summed E-state index contributed by atoms with van der Waals surface area (Å²) in [5, 5.41) is 21.2. The van der Waals surface area contributed by atoms with Gasteiger partial charge in [-0.2, -0.15) is 0 Å². The summed E-state index contributed by atoms with van der Waals surface area (Å²) < 4.78 is 15.0. The van der Waals surface area contributed by atoms with Crippen LogP contribution >= 0.6 is 0 Å². The average Bonchev–Trinajstić information content (AvgIpc) is 3.05. The Labute approximate surface area is 122 Å². The minimum absolute atomic E-state index is 0.0467. The molecule has 0 saturated carbocycles. The molecule has 21 heavy (non-hydrogen) atoms. The van der Waals surface area contributed by atoms with Crippen LogP contribution in [0.15, 0.2) is 24.3 Å². The molecule has 2 aromatic rings. The van der Waals surface area contributed by atoms with Crippen LogP contribution in [0.3, 0.4) is 0 Å². The molecule has 1 fully saturated rings. The highest BCUT2D eigenvalue weighted by atomic mass is 19.1. The van der Waals surface area contributed by atoms with Crippen LogP contribution in [0.1, 0.15) is 30.3 Å². The number of rotatable bonds is 4. The van der Waals surface area contributed by atoms with Crippen molar-refractivity contribution in [3.8, 4) is 0 Å². The Kier molecular flexibility index (Phi) is 3.94. The minimum atomic E-state index is -0.246. The number of hydrogen-bond acceptors (Lipinski definition) is 5. The first-order valence-corrected chi connectivity index (χ1v) is 7.02. The first-order valence-electron chi connectivity index (χ1n) is 7.02. The Morgan fingerprint density at radius 3 is 2.90 bits per heavy atom. The van der Waals surface area contributed by atoms with E-state index in [9.17, 15) is 9.50 Å². The van der Waals surface area contributed by atoms with E-state index in [1.54, 1.807) is 10.7 Å². The van der Waals surface area contributed by atoms with E-state index >= 15 is 0 Å². The van der Waals surface area contributed by atoms with Gasteiger partial charge in [-0.15, -0.1) is 5.10 Å².